The Morgan fingerprint density at radius 3 is 2.76 bits per heavy atom. The van der Waals surface area contributed by atoms with E-state index in [2.05, 4.69) is 5.32 Å². The van der Waals surface area contributed by atoms with Crippen molar-refractivity contribution < 1.29 is 19.2 Å². The number of primary amides is 1. The Bertz CT molecular complexity index is 507. The van der Waals surface area contributed by atoms with Gasteiger partial charge < -0.3 is 20.5 Å². The molecule has 0 saturated heterocycles. The van der Waals surface area contributed by atoms with E-state index < -0.39 is 16.9 Å². The molecule has 0 aromatic heterocycles. The van der Waals surface area contributed by atoms with Crippen LogP contribution in [0.5, 0.6) is 11.5 Å². The fraction of sp³-hybridized carbons (Fsp3) is 0.462. The molecule has 0 aliphatic rings. The van der Waals surface area contributed by atoms with E-state index in [1.807, 2.05) is 6.92 Å². The van der Waals surface area contributed by atoms with Crippen LogP contribution in [0.3, 0.4) is 0 Å². The van der Waals surface area contributed by atoms with Crippen molar-refractivity contribution in [2.24, 2.45) is 5.73 Å². The second kappa shape index (κ2) is 8.05. The van der Waals surface area contributed by atoms with Gasteiger partial charge in [0.15, 0.2) is 5.75 Å². The number of methoxy groups -OCH3 is 1. The van der Waals surface area contributed by atoms with E-state index in [1.165, 1.54) is 19.2 Å². The lowest BCUT2D eigenvalue weighted by atomic mass is 10.2. The minimum Gasteiger partial charge on any atom is -0.496 e. The van der Waals surface area contributed by atoms with Crippen LogP contribution < -0.4 is 20.5 Å². The van der Waals surface area contributed by atoms with Crippen LogP contribution in [0.4, 0.5) is 5.69 Å². The van der Waals surface area contributed by atoms with Crippen LogP contribution in [-0.2, 0) is 4.79 Å². The zero-order valence-electron chi connectivity index (χ0n) is 12.0. The molecule has 0 saturated carbocycles. The smallest absolute Gasteiger partial charge is 0.314 e. The molecule has 0 aliphatic heterocycles. The Morgan fingerprint density at radius 1 is 1.52 bits per heavy atom. The molecule has 0 radical (unpaired) electrons. The summed E-state index contributed by atoms with van der Waals surface area (Å²) < 4.78 is 10.3. The largest absolute Gasteiger partial charge is 0.496 e. The SMILES string of the molecule is CCNC(CCOc1ccc(OC)cc1[N+](=O)[O-])C(N)=O. The van der Waals surface area contributed by atoms with Crippen molar-refractivity contribution in [2.45, 2.75) is 19.4 Å². The third-order valence-corrected chi connectivity index (χ3v) is 2.82. The summed E-state index contributed by atoms with van der Waals surface area (Å²) in [7, 11) is 1.42. The standard InChI is InChI=1S/C13H19N3O5/c1-3-15-10(13(14)17)6-7-21-12-5-4-9(20-2)8-11(12)16(18)19/h4-5,8,10,15H,3,6-7H2,1-2H3,(H2,14,17). The highest BCUT2D eigenvalue weighted by Crippen LogP contribution is 2.31. The van der Waals surface area contributed by atoms with E-state index in [4.69, 9.17) is 15.2 Å². The molecule has 1 rings (SSSR count). The number of carbonyl (C=O) groups is 1. The molecule has 116 valence electrons. The number of hydrogen-bond donors (Lipinski definition) is 2. The number of benzene rings is 1. The van der Waals surface area contributed by atoms with Crippen LogP contribution in [0.25, 0.3) is 0 Å². The summed E-state index contributed by atoms with van der Waals surface area (Å²) in [5.74, 6) is 0.0157. The van der Waals surface area contributed by atoms with Gasteiger partial charge in [-0.2, -0.15) is 0 Å². The molecule has 1 unspecified atom stereocenters. The van der Waals surface area contributed by atoms with Gasteiger partial charge in [-0.3, -0.25) is 14.9 Å². The number of nitrogens with one attached hydrogen (secondary N) is 1. The van der Waals surface area contributed by atoms with E-state index in [9.17, 15) is 14.9 Å². The molecule has 1 aromatic carbocycles. The number of nitro groups is 1. The molecule has 8 nitrogen and oxygen atoms in total. The topological polar surface area (TPSA) is 117 Å². The molecule has 1 amide bonds. The fourth-order valence-corrected chi connectivity index (χ4v) is 1.77. The van der Waals surface area contributed by atoms with E-state index in [0.717, 1.165) is 0 Å². The summed E-state index contributed by atoms with van der Waals surface area (Å²) in [6.45, 7) is 2.58. The highest BCUT2D eigenvalue weighted by molar-refractivity contribution is 5.79. The normalized spacial score (nSPS) is 11.7. The summed E-state index contributed by atoms with van der Waals surface area (Å²) >= 11 is 0. The summed E-state index contributed by atoms with van der Waals surface area (Å²) in [5.41, 5.74) is 5.05. The van der Waals surface area contributed by atoms with Crippen LogP contribution in [0.15, 0.2) is 18.2 Å². The molecule has 0 spiro atoms. The van der Waals surface area contributed by atoms with Gasteiger partial charge in [0.2, 0.25) is 5.91 Å². The maximum Gasteiger partial charge on any atom is 0.314 e. The molecular weight excluding hydrogens is 278 g/mol. The molecule has 1 atom stereocenters. The van der Waals surface area contributed by atoms with Gasteiger partial charge in [-0.25, -0.2) is 0 Å². The Kier molecular flexibility index (Phi) is 6.41. The lowest BCUT2D eigenvalue weighted by Gasteiger charge is -2.14. The van der Waals surface area contributed by atoms with Crippen LogP contribution in [-0.4, -0.2) is 37.1 Å². The molecule has 8 heteroatoms. The van der Waals surface area contributed by atoms with Gasteiger partial charge >= 0.3 is 5.69 Å². The van der Waals surface area contributed by atoms with Crippen molar-refractivity contribution in [1.82, 2.24) is 5.32 Å². The minimum atomic E-state index is -0.548. The Labute approximate surface area is 122 Å². The van der Waals surface area contributed by atoms with Crippen molar-refractivity contribution in [3.8, 4) is 11.5 Å². The predicted molar refractivity (Wildman–Crippen MR) is 76.4 cm³/mol. The first-order valence-electron chi connectivity index (χ1n) is 6.47. The second-order valence-electron chi connectivity index (χ2n) is 4.24. The van der Waals surface area contributed by atoms with Gasteiger partial charge in [-0.1, -0.05) is 6.92 Å². The van der Waals surface area contributed by atoms with Gasteiger partial charge in [0.1, 0.15) is 5.75 Å². The van der Waals surface area contributed by atoms with Gasteiger partial charge in [-0.05, 0) is 18.7 Å². The second-order valence-corrected chi connectivity index (χ2v) is 4.24. The van der Waals surface area contributed by atoms with Crippen molar-refractivity contribution in [3.05, 3.63) is 28.3 Å². The van der Waals surface area contributed by atoms with Gasteiger partial charge in [0.05, 0.1) is 30.7 Å². The number of likely N-dealkylation sites (N-methyl/N-ethyl adjacent to an activating group) is 1. The minimum absolute atomic E-state index is 0.125. The van der Waals surface area contributed by atoms with E-state index in [0.29, 0.717) is 18.7 Å². The number of nitrogens with zero attached hydrogens (tertiary/aromatic N) is 1. The number of ether oxygens (including phenoxy) is 2. The Balaban J connectivity index is 2.70. The number of carbonyl (C=O) groups excluding carboxylic acids is 1. The van der Waals surface area contributed by atoms with Gasteiger partial charge in [0, 0.05) is 6.42 Å². The Hall–Kier alpha value is -2.35. The molecular formula is C13H19N3O5. The molecule has 0 bridgehead atoms. The van der Waals surface area contributed by atoms with Crippen LogP contribution in [0.1, 0.15) is 13.3 Å². The number of amides is 1. The molecule has 21 heavy (non-hydrogen) atoms. The van der Waals surface area contributed by atoms with Gasteiger partial charge in [-0.15, -0.1) is 0 Å². The van der Waals surface area contributed by atoms with Gasteiger partial charge in [0.25, 0.3) is 0 Å². The number of rotatable bonds is 9. The average molecular weight is 297 g/mol. The molecule has 0 fully saturated rings. The third kappa shape index (κ3) is 4.92. The highest BCUT2D eigenvalue weighted by Gasteiger charge is 2.18. The fourth-order valence-electron chi connectivity index (χ4n) is 1.77. The molecule has 0 heterocycles. The summed E-state index contributed by atoms with van der Waals surface area (Å²) in [5, 5.41) is 13.9. The van der Waals surface area contributed by atoms with Crippen molar-refractivity contribution >= 4 is 11.6 Å². The lowest BCUT2D eigenvalue weighted by molar-refractivity contribution is -0.385. The summed E-state index contributed by atoms with van der Waals surface area (Å²) in [4.78, 5) is 21.6. The van der Waals surface area contributed by atoms with E-state index in [-0.39, 0.29) is 18.0 Å². The highest BCUT2D eigenvalue weighted by atomic mass is 16.6. The summed E-state index contributed by atoms with van der Waals surface area (Å²) in [6.07, 6.45) is 0.326. The maximum absolute atomic E-state index is 11.2. The monoisotopic (exact) mass is 297 g/mol. The zero-order valence-corrected chi connectivity index (χ0v) is 12.0. The predicted octanol–water partition coefficient (Wildman–Crippen LogP) is 0.836. The van der Waals surface area contributed by atoms with Crippen LogP contribution in [0, 0.1) is 10.1 Å². The van der Waals surface area contributed by atoms with E-state index >= 15 is 0 Å². The lowest BCUT2D eigenvalue weighted by Crippen LogP contribution is -2.42. The maximum atomic E-state index is 11.2. The van der Waals surface area contributed by atoms with Crippen molar-refractivity contribution in [1.29, 1.82) is 0 Å². The Morgan fingerprint density at radius 2 is 2.24 bits per heavy atom. The first-order valence-corrected chi connectivity index (χ1v) is 6.47. The number of hydrogen-bond acceptors (Lipinski definition) is 6. The molecule has 0 aliphatic carbocycles. The summed E-state index contributed by atoms with van der Waals surface area (Å²) in [6, 6.07) is 3.79. The zero-order chi connectivity index (χ0) is 15.8. The van der Waals surface area contributed by atoms with E-state index in [1.54, 1.807) is 6.07 Å². The molecule has 1 aromatic rings. The third-order valence-electron chi connectivity index (χ3n) is 2.82. The van der Waals surface area contributed by atoms with Crippen LogP contribution >= 0.6 is 0 Å². The van der Waals surface area contributed by atoms with Crippen LogP contribution in [0.2, 0.25) is 0 Å². The first-order chi connectivity index (χ1) is 9.99. The molecule has 3 N–H and O–H groups in total. The number of nitro benzene ring substituents is 1. The van der Waals surface area contributed by atoms with Crippen molar-refractivity contribution in [2.75, 3.05) is 20.3 Å². The number of nitrogens with two attached hydrogens (primary N) is 1. The average Bonchev–Trinajstić information content (AvgIpc) is 2.46. The van der Waals surface area contributed by atoms with Crippen molar-refractivity contribution in [3.63, 3.8) is 0 Å². The first kappa shape index (κ1) is 16.7. The quantitative estimate of drug-likeness (QED) is 0.515.